The highest BCUT2D eigenvalue weighted by Crippen LogP contribution is 2.22. The quantitative estimate of drug-likeness (QED) is 0.603. The molecule has 1 heterocycles. The van der Waals surface area contributed by atoms with Crippen LogP contribution in [0.1, 0.15) is 0 Å². The summed E-state index contributed by atoms with van der Waals surface area (Å²) in [5, 5.41) is 9.38. The summed E-state index contributed by atoms with van der Waals surface area (Å²) in [4.78, 5) is 0. The van der Waals surface area contributed by atoms with Crippen LogP contribution in [0.15, 0.2) is 0 Å². The Morgan fingerprint density at radius 3 is 1.87 bits per heavy atom. The normalized spacial score (nSPS) is 29.6. The van der Waals surface area contributed by atoms with E-state index in [0.717, 1.165) is 0 Å². The molecule has 3 atom stereocenters. The van der Waals surface area contributed by atoms with Crippen LogP contribution in [0.5, 0.6) is 0 Å². The number of hydrogen-bond acceptors (Lipinski definition) is 6. The molecule has 1 saturated heterocycles. The first-order chi connectivity index (χ1) is 7.22. The molecule has 0 aromatic carbocycles. The van der Waals surface area contributed by atoms with Crippen molar-refractivity contribution in [3.05, 3.63) is 0 Å². The predicted molar refractivity (Wildman–Crippen MR) is 50.3 cm³/mol. The summed E-state index contributed by atoms with van der Waals surface area (Å²) in [5.41, 5.74) is 0. The lowest BCUT2D eigenvalue weighted by Crippen LogP contribution is -2.30. The van der Waals surface area contributed by atoms with Crippen LogP contribution in [-0.2, 0) is 23.7 Å². The van der Waals surface area contributed by atoms with Crippen LogP contribution >= 0.6 is 0 Å². The predicted octanol–water partition coefficient (Wildman–Crippen LogP) is -0.646. The maximum atomic E-state index is 9.38. The van der Waals surface area contributed by atoms with Crippen molar-refractivity contribution in [2.75, 3.05) is 34.5 Å². The Kier molecular flexibility index (Phi) is 5.44. The molecule has 6 heteroatoms. The third-order valence-corrected chi connectivity index (χ3v) is 2.17. The van der Waals surface area contributed by atoms with Gasteiger partial charge >= 0.3 is 0 Å². The highest BCUT2D eigenvalue weighted by atomic mass is 16.8. The first-order valence-corrected chi connectivity index (χ1v) is 4.72. The first-order valence-electron chi connectivity index (χ1n) is 4.72. The van der Waals surface area contributed by atoms with Crippen molar-refractivity contribution in [2.45, 2.75) is 24.8 Å². The molecule has 0 amide bonds. The molecule has 0 aromatic rings. The van der Waals surface area contributed by atoms with Gasteiger partial charge in [-0.3, -0.25) is 0 Å². The van der Waals surface area contributed by atoms with Gasteiger partial charge < -0.3 is 28.8 Å². The minimum Gasteiger partial charge on any atom is -0.382 e. The van der Waals surface area contributed by atoms with E-state index in [1.165, 1.54) is 7.11 Å². The first kappa shape index (κ1) is 12.8. The summed E-state index contributed by atoms with van der Waals surface area (Å²) in [6.45, 7) is 0.780. The van der Waals surface area contributed by atoms with E-state index in [4.69, 9.17) is 23.7 Å². The molecule has 15 heavy (non-hydrogen) atoms. The van der Waals surface area contributed by atoms with Crippen LogP contribution in [0.3, 0.4) is 0 Å². The van der Waals surface area contributed by atoms with Gasteiger partial charge in [-0.1, -0.05) is 0 Å². The smallest absolute Gasteiger partial charge is 0.210 e. The van der Waals surface area contributed by atoms with E-state index in [-0.39, 0.29) is 12.2 Å². The Morgan fingerprint density at radius 2 is 1.53 bits per heavy atom. The van der Waals surface area contributed by atoms with Gasteiger partial charge in [-0.15, -0.1) is 0 Å². The van der Waals surface area contributed by atoms with Crippen molar-refractivity contribution < 1.29 is 28.8 Å². The topological polar surface area (TPSA) is 66.4 Å². The highest BCUT2D eigenvalue weighted by Gasteiger charge is 2.39. The Morgan fingerprint density at radius 1 is 1.07 bits per heavy atom. The number of aliphatic hydroxyl groups is 1. The third kappa shape index (κ3) is 3.37. The Hall–Kier alpha value is -0.240. The molecule has 1 aliphatic heterocycles. The fraction of sp³-hybridized carbons (Fsp3) is 1.00. The van der Waals surface area contributed by atoms with Crippen molar-refractivity contribution in [3.63, 3.8) is 0 Å². The SMILES string of the molecule is COC[C@@H]1OC([C@@H](O)OC)O[C@H]1COC. The highest BCUT2D eigenvalue weighted by molar-refractivity contribution is 4.78. The van der Waals surface area contributed by atoms with Crippen molar-refractivity contribution in [2.24, 2.45) is 0 Å². The summed E-state index contributed by atoms with van der Waals surface area (Å²) in [6.07, 6.45) is -2.36. The average molecular weight is 222 g/mol. The average Bonchev–Trinajstić information content (AvgIpc) is 2.62. The van der Waals surface area contributed by atoms with E-state index in [2.05, 4.69) is 0 Å². The van der Waals surface area contributed by atoms with Crippen LogP contribution in [0, 0.1) is 0 Å². The van der Waals surface area contributed by atoms with Gasteiger partial charge in [0, 0.05) is 21.3 Å². The van der Waals surface area contributed by atoms with Crippen molar-refractivity contribution in [1.82, 2.24) is 0 Å². The summed E-state index contributed by atoms with van der Waals surface area (Å²) in [6, 6.07) is 0. The summed E-state index contributed by atoms with van der Waals surface area (Å²) in [5.74, 6) is 0. The van der Waals surface area contributed by atoms with E-state index in [1.807, 2.05) is 0 Å². The number of aliphatic hydroxyl groups excluding tert-OH is 1. The molecule has 1 fully saturated rings. The number of methoxy groups -OCH3 is 3. The Balaban J connectivity index is 2.48. The lowest BCUT2D eigenvalue weighted by molar-refractivity contribution is -0.229. The molecule has 6 nitrogen and oxygen atoms in total. The van der Waals surface area contributed by atoms with Gasteiger partial charge in [0.1, 0.15) is 12.2 Å². The van der Waals surface area contributed by atoms with E-state index < -0.39 is 12.6 Å². The molecule has 0 unspecified atom stereocenters. The van der Waals surface area contributed by atoms with E-state index in [0.29, 0.717) is 13.2 Å². The van der Waals surface area contributed by atoms with Crippen LogP contribution in [0.2, 0.25) is 0 Å². The van der Waals surface area contributed by atoms with Crippen molar-refractivity contribution in [1.29, 1.82) is 0 Å². The molecule has 0 radical (unpaired) electrons. The van der Waals surface area contributed by atoms with Crippen LogP contribution in [-0.4, -0.2) is 64.4 Å². The monoisotopic (exact) mass is 222 g/mol. The van der Waals surface area contributed by atoms with Gasteiger partial charge in [-0.25, -0.2) is 0 Å². The summed E-state index contributed by atoms with van der Waals surface area (Å²) < 4.78 is 25.5. The zero-order valence-corrected chi connectivity index (χ0v) is 9.21. The third-order valence-electron chi connectivity index (χ3n) is 2.17. The van der Waals surface area contributed by atoms with E-state index >= 15 is 0 Å². The maximum absolute atomic E-state index is 9.38. The molecule has 0 aromatic heterocycles. The second kappa shape index (κ2) is 6.37. The maximum Gasteiger partial charge on any atom is 0.210 e. The van der Waals surface area contributed by atoms with Gasteiger partial charge in [-0.2, -0.15) is 0 Å². The molecule has 90 valence electrons. The molecule has 0 aliphatic carbocycles. The second-order valence-electron chi connectivity index (χ2n) is 3.25. The molecule has 0 saturated carbocycles. The standard InChI is InChI=1S/C9H18O6/c1-11-4-6-7(5-12-2)15-9(14-6)8(10)13-3/h6-10H,4-5H2,1-3H3/t6-,7-,8-/m0/s1. The number of hydrogen-bond donors (Lipinski definition) is 1. The van der Waals surface area contributed by atoms with Crippen molar-refractivity contribution >= 4 is 0 Å². The van der Waals surface area contributed by atoms with Gasteiger partial charge in [0.15, 0.2) is 0 Å². The van der Waals surface area contributed by atoms with Crippen LogP contribution in [0.4, 0.5) is 0 Å². The lowest BCUT2D eigenvalue weighted by atomic mass is 10.2. The van der Waals surface area contributed by atoms with E-state index in [9.17, 15) is 5.11 Å². The number of ether oxygens (including phenoxy) is 5. The van der Waals surface area contributed by atoms with Crippen LogP contribution < -0.4 is 0 Å². The molecular formula is C9H18O6. The largest absolute Gasteiger partial charge is 0.382 e. The molecular weight excluding hydrogens is 204 g/mol. The van der Waals surface area contributed by atoms with Crippen molar-refractivity contribution in [3.8, 4) is 0 Å². The zero-order chi connectivity index (χ0) is 11.3. The van der Waals surface area contributed by atoms with Gasteiger partial charge in [0.2, 0.25) is 12.6 Å². The summed E-state index contributed by atoms with van der Waals surface area (Å²) >= 11 is 0. The lowest BCUT2D eigenvalue weighted by Gasteiger charge is -2.15. The molecule has 1 rings (SSSR count). The zero-order valence-electron chi connectivity index (χ0n) is 9.21. The molecule has 1 aliphatic rings. The van der Waals surface area contributed by atoms with Crippen LogP contribution in [0.25, 0.3) is 0 Å². The van der Waals surface area contributed by atoms with Gasteiger partial charge in [-0.05, 0) is 0 Å². The fourth-order valence-corrected chi connectivity index (χ4v) is 1.42. The molecule has 0 bridgehead atoms. The Labute approximate surface area is 89.0 Å². The minimum absolute atomic E-state index is 0.246. The molecule has 1 N–H and O–H groups in total. The van der Waals surface area contributed by atoms with Gasteiger partial charge in [0.05, 0.1) is 13.2 Å². The molecule has 0 spiro atoms. The summed E-state index contributed by atoms with van der Waals surface area (Å²) in [7, 11) is 4.53. The fourth-order valence-electron chi connectivity index (χ4n) is 1.42. The van der Waals surface area contributed by atoms with Gasteiger partial charge in [0.25, 0.3) is 0 Å². The Bertz CT molecular complexity index is 162. The number of rotatable bonds is 6. The van der Waals surface area contributed by atoms with E-state index in [1.54, 1.807) is 14.2 Å². The second-order valence-corrected chi connectivity index (χ2v) is 3.25. The minimum atomic E-state index is -1.09.